The molecule has 0 unspecified atom stereocenters. The Balaban J connectivity index is 1.97. The number of anilines is 1. The standard InChI is InChI=1S/C17H18FNO/c1-13-5-3-4-6-16(13)17(20)11-12-19(2)15-9-7-14(18)8-10-15/h3-10H,11-12H2,1-2H3. The van der Waals surface area contributed by atoms with Gasteiger partial charge >= 0.3 is 0 Å². The lowest BCUT2D eigenvalue weighted by Gasteiger charge is -2.19. The molecule has 2 nitrogen and oxygen atoms in total. The van der Waals surface area contributed by atoms with Crippen LogP contribution in [0.3, 0.4) is 0 Å². The van der Waals surface area contributed by atoms with Crippen LogP contribution in [0.1, 0.15) is 22.3 Å². The molecule has 0 saturated heterocycles. The van der Waals surface area contributed by atoms with E-state index in [1.165, 1.54) is 12.1 Å². The molecule has 0 N–H and O–H groups in total. The van der Waals surface area contributed by atoms with Gasteiger partial charge in [0.2, 0.25) is 0 Å². The fourth-order valence-electron chi connectivity index (χ4n) is 2.11. The summed E-state index contributed by atoms with van der Waals surface area (Å²) < 4.78 is 12.9. The highest BCUT2D eigenvalue weighted by molar-refractivity contribution is 5.97. The average molecular weight is 271 g/mol. The lowest BCUT2D eigenvalue weighted by atomic mass is 10.0. The number of halogens is 1. The maximum absolute atomic E-state index is 12.9. The van der Waals surface area contributed by atoms with Gasteiger partial charge in [0.1, 0.15) is 5.82 Å². The minimum atomic E-state index is -0.252. The molecule has 0 radical (unpaired) electrons. The zero-order chi connectivity index (χ0) is 14.5. The molecule has 0 aliphatic carbocycles. The van der Waals surface area contributed by atoms with Crippen LogP contribution in [0.25, 0.3) is 0 Å². The van der Waals surface area contributed by atoms with Crippen LogP contribution in [0.15, 0.2) is 48.5 Å². The van der Waals surface area contributed by atoms with E-state index in [2.05, 4.69) is 0 Å². The van der Waals surface area contributed by atoms with Gasteiger partial charge in [0, 0.05) is 31.3 Å². The Morgan fingerprint density at radius 3 is 2.40 bits per heavy atom. The molecule has 0 spiro atoms. The summed E-state index contributed by atoms with van der Waals surface area (Å²) >= 11 is 0. The lowest BCUT2D eigenvalue weighted by molar-refractivity contribution is 0.0984. The van der Waals surface area contributed by atoms with Gasteiger partial charge in [-0.2, -0.15) is 0 Å². The molecule has 0 aliphatic rings. The first-order valence-electron chi connectivity index (χ1n) is 6.63. The van der Waals surface area contributed by atoms with Crippen LogP contribution >= 0.6 is 0 Å². The Morgan fingerprint density at radius 1 is 1.10 bits per heavy atom. The van der Waals surface area contributed by atoms with Gasteiger partial charge in [-0.3, -0.25) is 4.79 Å². The molecule has 2 aromatic carbocycles. The first kappa shape index (κ1) is 14.3. The summed E-state index contributed by atoms with van der Waals surface area (Å²) in [5.74, 6) is -0.116. The monoisotopic (exact) mass is 271 g/mol. The van der Waals surface area contributed by atoms with E-state index in [0.717, 1.165) is 16.8 Å². The molecule has 0 aliphatic heterocycles. The van der Waals surface area contributed by atoms with E-state index in [4.69, 9.17) is 0 Å². The molecule has 3 heteroatoms. The Labute approximate surface area is 118 Å². The first-order chi connectivity index (χ1) is 9.58. The van der Waals surface area contributed by atoms with Crippen molar-refractivity contribution in [3.8, 4) is 0 Å². The number of carbonyl (C=O) groups excluding carboxylic acids is 1. The molecule has 0 atom stereocenters. The minimum Gasteiger partial charge on any atom is -0.374 e. The van der Waals surface area contributed by atoms with Crippen molar-refractivity contribution in [2.24, 2.45) is 0 Å². The normalized spacial score (nSPS) is 10.3. The third-order valence-corrected chi connectivity index (χ3v) is 3.39. The number of hydrogen-bond donors (Lipinski definition) is 0. The predicted octanol–water partition coefficient (Wildman–Crippen LogP) is 3.84. The lowest BCUT2D eigenvalue weighted by Crippen LogP contribution is -2.21. The van der Waals surface area contributed by atoms with Crippen LogP contribution in [0.4, 0.5) is 10.1 Å². The number of rotatable bonds is 5. The highest BCUT2D eigenvalue weighted by Crippen LogP contribution is 2.15. The SMILES string of the molecule is Cc1ccccc1C(=O)CCN(C)c1ccc(F)cc1. The number of carbonyl (C=O) groups is 1. The summed E-state index contributed by atoms with van der Waals surface area (Å²) in [7, 11) is 1.90. The third-order valence-electron chi connectivity index (χ3n) is 3.39. The number of Topliss-reactive ketones (excluding diaryl/α,β-unsaturated/α-hetero) is 1. The quantitative estimate of drug-likeness (QED) is 0.770. The number of hydrogen-bond acceptors (Lipinski definition) is 2. The van der Waals surface area contributed by atoms with E-state index in [1.807, 2.05) is 43.1 Å². The number of nitrogens with zero attached hydrogens (tertiary/aromatic N) is 1. The van der Waals surface area contributed by atoms with Crippen LogP contribution in [0.5, 0.6) is 0 Å². The van der Waals surface area contributed by atoms with Gasteiger partial charge in [0.05, 0.1) is 0 Å². The van der Waals surface area contributed by atoms with Gasteiger partial charge in [-0.05, 0) is 36.8 Å². The molecule has 0 aromatic heterocycles. The summed E-state index contributed by atoms with van der Waals surface area (Å²) in [4.78, 5) is 14.1. The van der Waals surface area contributed by atoms with Crippen molar-refractivity contribution in [3.63, 3.8) is 0 Å². The van der Waals surface area contributed by atoms with Gasteiger partial charge in [0.25, 0.3) is 0 Å². The Morgan fingerprint density at radius 2 is 1.75 bits per heavy atom. The number of aryl methyl sites for hydroxylation is 1. The summed E-state index contributed by atoms with van der Waals surface area (Å²) in [6.07, 6.45) is 0.443. The van der Waals surface area contributed by atoms with Crippen molar-refractivity contribution >= 4 is 11.5 Å². The maximum atomic E-state index is 12.9. The van der Waals surface area contributed by atoms with Crippen molar-refractivity contribution in [3.05, 3.63) is 65.5 Å². The zero-order valence-electron chi connectivity index (χ0n) is 11.8. The second kappa shape index (κ2) is 6.33. The van der Waals surface area contributed by atoms with E-state index in [1.54, 1.807) is 12.1 Å². The van der Waals surface area contributed by atoms with Crippen molar-refractivity contribution in [2.45, 2.75) is 13.3 Å². The average Bonchev–Trinajstić information content (AvgIpc) is 2.45. The summed E-state index contributed by atoms with van der Waals surface area (Å²) in [5, 5.41) is 0. The smallest absolute Gasteiger partial charge is 0.164 e. The van der Waals surface area contributed by atoms with Gasteiger partial charge in [-0.1, -0.05) is 24.3 Å². The fourth-order valence-corrected chi connectivity index (χ4v) is 2.11. The molecule has 0 amide bonds. The predicted molar refractivity (Wildman–Crippen MR) is 79.8 cm³/mol. The van der Waals surface area contributed by atoms with Gasteiger partial charge in [-0.25, -0.2) is 4.39 Å². The highest BCUT2D eigenvalue weighted by Gasteiger charge is 2.10. The van der Waals surface area contributed by atoms with Gasteiger partial charge < -0.3 is 4.90 Å². The van der Waals surface area contributed by atoms with Crippen LogP contribution in [0.2, 0.25) is 0 Å². The molecular formula is C17H18FNO. The molecule has 0 bridgehead atoms. The second-order valence-corrected chi connectivity index (χ2v) is 4.89. The van der Waals surface area contributed by atoms with Crippen LogP contribution in [-0.2, 0) is 0 Å². The Hall–Kier alpha value is -2.16. The maximum Gasteiger partial charge on any atom is 0.164 e. The topological polar surface area (TPSA) is 20.3 Å². The third kappa shape index (κ3) is 3.44. The fraction of sp³-hybridized carbons (Fsp3) is 0.235. The zero-order valence-corrected chi connectivity index (χ0v) is 11.8. The van der Waals surface area contributed by atoms with E-state index in [9.17, 15) is 9.18 Å². The van der Waals surface area contributed by atoms with Crippen molar-refractivity contribution < 1.29 is 9.18 Å². The number of ketones is 1. The molecule has 2 rings (SSSR count). The van der Waals surface area contributed by atoms with Crippen molar-refractivity contribution in [2.75, 3.05) is 18.5 Å². The molecule has 0 saturated carbocycles. The molecule has 2 aromatic rings. The van der Waals surface area contributed by atoms with Crippen LogP contribution < -0.4 is 4.90 Å². The summed E-state index contributed by atoms with van der Waals surface area (Å²) in [5.41, 5.74) is 2.69. The van der Waals surface area contributed by atoms with E-state index in [0.29, 0.717) is 13.0 Å². The first-order valence-corrected chi connectivity index (χ1v) is 6.63. The van der Waals surface area contributed by atoms with Crippen LogP contribution in [-0.4, -0.2) is 19.4 Å². The molecule has 0 fully saturated rings. The van der Waals surface area contributed by atoms with Crippen molar-refractivity contribution in [1.82, 2.24) is 0 Å². The highest BCUT2D eigenvalue weighted by atomic mass is 19.1. The Bertz CT molecular complexity index is 592. The van der Waals surface area contributed by atoms with Crippen molar-refractivity contribution in [1.29, 1.82) is 0 Å². The molecule has 20 heavy (non-hydrogen) atoms. The van der Waals surface area contributed by atoms with Gasteiger partial charge in [-0.15, -0.1) is 0 Å². The van der Waals surface area contributed by atoms with Gasteiger partial charge in [0.15, 0.2) is 5.78 Å². The minimum absolute atomic E-state index is 0.136. The van der Waals surface area contributed by atoms with E-state index >= 15 is 0 Å². The van der Waals surface area contributed by atoms with Crippen LogP contribution in [0, 0.1) is 12.7 Å². The molecule has 104 valence electrons. The molecule has 0 heterocycles. The number of benzene rings is 2. The van der Waals surface area contributed by atoms with E-state index in [-0.39, 0.29) is 11.6 Å². The molecular weight excluding hydrogens is 253 g/mol. The second-order valence-electron chi connectivity index (χ2n) is 4.89. The summed E-state index contributed by atoms with van der Waals surface area (Å²) in [6, 6.07) is 13.9. The largest absolute Gasteiger partial charge is 0.374 e. The summed E-state index contributed by atoms with van der Waals surface area (Å²) in [6.45, 7) is 2.55. The van der Waals surface area contributed by atoms with E-state index < -0.39 is 0 Å². The Kier molecular flexibility index (Phi) is 4.51.